The van der Waals surface area contributed by atoms with Gasteiger partial charge in [-0.2, -0.15) is 0 Å². The molecule has 0 saturated carbocycles. The van der Waals surface area contributed by atoms with Gasteiger partial charge in [-0.15, -0.1) is 0 Å². The minimum atomic E-state index is -3.84. The molecule has 1 aliphatic heterocycles. The number of nitrogens with one attached hydrogen (secondary N) is 1. The molecule has 0 fully saturated rings. The molecule has 0 amide bonds. The van der Waals surface area contributed by atoms with Gasteiger partial charge in [-0.25, -0.2) is 13.4 Å². The summed E-state index contributed by atoms with van der Waals surface area (Å²) in [6.07, 6.45) is 1.97. The van der Waals surface area contributed by atoms with Crippen LogP contribution in [0, 0.1) is 13.8 Å². The SMILES string of the molecule is COc1cc(C)c(C)cc1S(=O)(=O)Nc1ccccc1-c1cn2c(n1)SCC2. The van der Waals surface area contributed by atoms with Crippen molar-refractivity contribution in [3.8, 4) is 17.0 Å². The van der Waals surface area contributed by atoms with Crippen LogP contribution in [-0.2, 0) is 16.6 Å². The van der Waals surface area contributed by atoms with E-state index in [9.17, 15) is 8.42 Å². The lowest BCUT2D eigenvalue weighted by Crippen LogP contribution is -2.15. The summed E-state index contributed by atoms with van der Waals surface area (Å²) < 4.78 is 36.4. The van der Waals surface area contributed by atoms with E-state index in [0.29, 0.717) is 11.4 Å². The predicted molar refractivity (Wildman–Crippen MR) is 112 cm³/mol. The molecule has 0 bridgehead atoms. The normalized spacial score (nSPS) is 13.4. The number of ether oxygens (including phenoxy) is 1. The van der Waals surface area contributed by atoms with Crippen molar-refractivity contribution in [2.24, 2.45) is 0 Å². The molecule has 6 nitrogen and oxygen atoms in total. The molecule has 8 heteroatoms. The topological polar surface area (TPSA) is 73.2 Å². The molecule has 3 aromatic rings. The van der Waals surface area contributed by atoms with Crippen molar-refractivity contribution >= 4 is 27.5 Å². The number of methoxy groups -OCH3 is 1. The first-order valence-electron chi connectivity index (χ1n) is 8.86. The quantitative estimate of drug-likeness (QED) is 0.680. The third kappa shape index (κ3) is 3.38. The Morgan fingerprint density at radius 2 is 1.93 bits per heavy atom. The third-order valence-electron chi connectivity index (χ3n) is 4.82. The summed E-state index contributed by atoms with van der Waals surface area (Å²) in [5.74, 6) is 1.34. The van der Waals surface area contributed by atoms with Gasteiger partial charge in [0, 0.05) is 24.1 Å². The monoisotopic (exact) mass is 415 g/mol. The van der Waals surface area contributed by atoms with E-state index in [2.05, 4.69) is 14.3 Å². The number of aryl methyl sites for hydroxylation is 3. The fourth-order valence-corrected chi connectivity index (χ4v) is 5.43. The number of para-hydroxylation sites is 1. The van der Waals surface area contributed by atoms with E-state index in [1.165, 1.54) is 7.11 Å². The van der Waals surface area contributed by atoms with Gasteiger partial charge >= 0.3 is 0 Å². The van der Waals surface area contributed by atoms with E-state index in [1.54, 1.807) is 36.0 Å². The molecule has 0 atom stereocenters. The molecule has 28 heavy (non-hydrogen) atoms. The van der Waals surface area contributed by atoms with Crippen LogP contribution in [0.15, 0.2) is 52.6 Å². The first kappa shape index (κ1) is 18.9. The van der Waals surface area contributed by atoms with Crippen molar-refractivity contribution in [1.29, 1.82) is 0 Å². The Hall–Kier alpha value is -2.45. The number of hydrogen-bond donors (Lipinski definition) is 1. The highest BCUT2D eigenvalue weighted by molar-refractivity contribution is 7.99. The lowest BCUT2D eigenvalue weighted by atomic mass is 10.1. The molecule has 0 spiro atoms. The van der Waals surface area contributed by atoms with Crippen LogP contribution in [0.2, 0.25) is 0 Å². The van der Waals surface area contributed by atoms with Gasteiger partial charge < -0.3 is 9.30 Å². The second kappa shape index (κ2) is 7.18. The molecule has 2 aromatic carbocycles. The van der Waals surface area contributed by atoms with Gasteiger partial charge in [-0.1, -0.05) is 30.0 Å². The maximum absolute atomic E-state index is 13.1. The summed E-state index contributed by atoms with van der Waals surface area (Å²) in [5, 5.41) is 0.962. The van der Waals surface area contributed by atoms with E-state index >= 15 is 0 Å². The van der Waals surface area contributed by atoms with Gasteiger partial charge in [0.2, 0.25) is 0 Å². The zero-order valence-corrected chi connectivity index (χ0v) is 17.5. The molecule has 1 aromatic heterocycles. The molecule has 0 unspecified atom stereocenters. The smallest absolute Gasteiger partial charge is 0.265 e. The average molecular weight is 416 g/mol. The van der Waals surface area contributed by atoms with Crippen LogP contribution in [0.3, 0.4) is 0 Å². The minimum Gasteiger partial charge on any atom is -0.495 e. The molecular weight excluding hydrogens is 394 g/mol. The zero-order chi connectivity index (χ0) is 19.9. The molecule has 1 N–H and O–H groups in total. The van der Waals surface area contributed by atoms with Crippen LogP contribution in [0.5, 0.6) is 5.75 Å². The molecule has 0 radical (unpaired) electrons. The van der Waals surface area contributed by atoms with Crippen LogP contribution in [0.25, 0.3) is 11.3 Å². The van der Waals surface area contributed by atoms with Crippen LogP contribution in [0.4, 0.5) is 5.69 Å². The summed E-state index contributed by atoms with van der Waals surface area (Å²) in [4.78, 5) is 4.77. The predicted octanol–water partition coefficient (Wildman–Crippen LogP) is 4.08. The number of nitrogens with zero attached hydrogens (tertiary/aromatic N) is 2. The summed E-state index contributed by atoms with van der Waals surface area (Å²) in [6, 6.07) is 10.7. The Balaban J connectivity index is 1.74. The van der Waals surface area contributed by atoms with Crippen molar-refractivity contribution in [3.05, 3.63) is 53.7 Å². The Bertz CT molecular complexity index is 1130. The summed E-state index contributed by atoms with van der Waals surface area (Å²) in [7, 11) is -2.36. The highest BCUT2D eigenvalue weighted by Gasteiger charge is 2.23. The average Bonchev–Trinajstić information content (AvgIpc) is 3.25. The Kier molecular flexibility index (Phi) is 4.84. The summed E-state index contributed by atoms with van der Waals surface area (Å²) >= 11 is 1.70. The van der Waals surface area contributed by atoms with Crippen LogP contribution < -0.4 is 9.46 Å². The lowest BCUT2D eigenvalue weighted by molar-refractivity contribution is 0.402. The third-order valence-corrected chi connectivity index (χ3v) is 7.18. The summed E-state index contributed by atoms with van der Waals surface area (Å²) in [5.41, 5.74) is 3.85. The highest BCUT2D eigenvalue weighted by atomic mass is 32.2. The van der Waals surface area contributed by atoms with Gasteiger partial charge in [0.05, 0.1) is 18.5 Å². The maximum Gasteiger partial charge on any atom is 0.265 e. The molecule has 0 aliphatic carbocycles. The van der Waals surface area contributed by atoms with Crippen molar-refractivity contribution in [2.75, 3.05) is 17.6 Å². The maximum atomic E-state index is 13.1. The first-order chi connectivity index (χ1) is 13.4. The number of benzene rings is 2. The van der Waals surface area contributed by atoms with Gasteiger partial charge in [0.1, 0.15) is 10.6 Å². The first-order valence-corrected chi connectivity index (χ1v) is 11.3. The fourth-order valence-electron chi connectivity index (χ4n) is 3.17. The van der Waals surface area contributed by atoms with Gasteiger partial charge in [-0.3, -0.25) is 4.72 Å². The van der Waals surface area contributed by atoms with E-state index in [-0.39, 0.29) is 4.90 Å². The molecule has 2 heterocycles. The number of aromatic nitrogens is 2. The second-order valence-electron chi connectivity index (χ2n) is 6.69. The number of rotatable bonds is 5. The van der Waals surface area contributed by atoms with E-state index < -0.39 is 10.0 Å². The number of hydrogen-bond acceptors (Lipinski definition) is 5. The van der Waals surface area contributed by atoms with Gasteiger partial charge in [0.25, 0.3) is 10.0 Å². The highest BCUT2D eigenvalue weighted by Crippen LogP contribution is 2.35. The van der Waals surface area contributed by atoms with Crippen LogP contribution in [-0.4, -0.2) is 30.8 Å². The van der Waals surface area contributed by atoms with Crippen molar-refractivity contribution in [2.45, 2.75) is 30.4 Å². The van der Waals surface area contributed by atoms with Crippen LogP contribution in [0.1, 0.15) is 11.1 Å². The van der Waals surface area contributed by atoms with Crippen molar-refractivity contribution in [1.82, 2.24) is 9.55 Å². The fraction of sp³-hybridized carbons (Fsp3) is 0.250. The zero-order valence-electron chi connectivity index (χ0n) is 15.9. The summed E-state index contributed by atoms with van der Waals surface area (Å²) in [6.45, 7) is 4.72. The van der Waals surface area contributed by atoms with Crippen molar-refractivity contribution < 1.29 is 13.2 Å². The van der Waals surface area contributed by atoms with E-state index in [1.807, 2.05) is 32.2 Å². The number of anilines is 1. The molecule has 4 rings (SSSR count). The van der Waals surface area contributed by atoms with Crippen LogP contribution >= 0.6 is 11.8 Å². The Morgan fingerprint density at radius 3 is 2.68 bits per heavy atom. The second-order valence-corrected chi connectivity index (χ2v) is 9.40. The molecule has 146 valence electrons. The Labute approximate surface area is 169 Å². The number of sulfonamides is 1. The number of fused-ring (bicyclic) bond motifs is 1. The van der Waals surface area contributed by atoms with Gasteiger partial charge in [0.15, 0.2) is 5.16 Å². The van der Waals surface area contributed by atoms with E-state index in [0.717, 1.165) is 39.8 Å². The molecule has 1 aliphatic rings. The van der Waals surface area contributed by atoms with Crippen molar-refractivity contribution in [3.63, 3.8) is 0 Å². The number of imidazole rings is 1. The van der Waals surface area contributed by atoms with E-state index in [4.69, 9.17) is 4.74 Å². The molecule has 0 saturated heterocycles. The molecular formula is C20H21N3O3S2. The minimum absolute atomic E-state index is 0.121. The lowest BCUT2D eigenvalue weighted by Gasteiger charge is -2.15. The van der Waals surface area contributed by atoms with Gasteiger partial charge in [-0.05, 0) is 43.2 Å². The number of thioether (sulfide) groups is 1. The Morgan fingerprint density at radius 1 is 1.18 bits per heavy atom. The standard InChI is InChI=1S/C20H21N3O3S2/c1-13-10-18(26-3)19(11-14(13)2)28(24,25)22-16-7-5-4-6-15(16)17-12-23-8-9-27-20(23)21-17/h4-7,10-12,22H,8-9H2,1-3H3. The largest absolute Gasteiger partial charge is 0.495 e.